The van der Waals surface area contributed by atoms with Crippen molar-refractivity contribution in [3.05, 3.63) is 74.8 Å². The van der Waals surface area contributed by atoms with Gasteiger partial charge in [0.15, 0.2) is 17.3 Å². The Bertz CT molecular complexity index is 1650. The number of thiophene rings is 1. The number of fused-ring (bicyclic) bond motifs is 2. The SMILES string of the molecule is Cc1nc(-c2ccco2)nc2sc(C(=O)NNC(=O)c3nn(C)c(=O)c4ccccc34)c(C)c12. The normalized spacial score (nSPS) is 11.1. The predicted molar refractivity (Wildman–Crippen MR) is 127 cm³/mol. The topological polar surface area (TPSA) is 132 Å². The summed E-state index contributed by atoms with van der Waals surface area (Å²) in [6.07, 6.45) is 1.54. The highest BCUT2D eigenvalue weighted by atomic mass is 32.1. The zero-order valence-corrected chi connectivity index (χ0v) is 19.2. The number of nitrogens with zero attached hydrogens (tertiary/aromatic N) is 4. The predicted octanol–water partition coefficient (Wildman–Crippen LogP) is 2.89. The first-order valence-corrected chi connectivity index (χ1v) is 11.0. The van der Waals surface area contributed by atoms with Gasteiger partial charge >= 0.3 is 0 Å². The summed E-state index contributed by atoms with van der Waals surface area (Å²) < 4.78 is 6.48. The van der Waals surface area contributed by atoms with E-state index in [9.17, 15) is 14.4 Å². The maximum absolute atomic E-state index is 12.9. The van der Waals surface area contributed by atoms with E-state index in [0.29, 0.717) is 43.3 Å². The Morgan fingerprint density at radius 3 is 2.47 bits per heavy atom. The van der Waals surface area contributed by atoms with E-state index in [1.807, 2.05) is 6.92 Å². The Balaban J connectivity index is 1.43. The molecule has 0 radical (unpaired) electrons. The number of hydrogen-bond donors (Lipinski definition) is 2. The molecule has 5 rings (SSSR count). The number of rotatable bonds is 3. The van der Waals surface area contributed by atoms with Gasteiger partial charge in [0.2, 0.25) is 0 Å². The van der Waals surface area contributed by atoms with E-state index in [1.54, 1.807) is 49.6 Å². The van der Waals surface area contributed by atoms with Crippen LogP contribution in [0.3, 0.4) is 0 Å². The maximum Gasteiger partial charge on any atom is 0.290 e. The smallest absolute Gasteiger partial charge is 0.290 e. The maximum atomic E-state index is 12.9. The van der Waals surface area contributed by atoms with E-state index in [2.05, 4.69) is 25.9 Å². The number of carbonyl (C=O) groups is 2. The monoisotopic (exact) mass is 474 g/mol. The summed E-state index contributed by atoms with van der Waals surface area (Å²) in [5, 5.41) is 5.60. The number of amides is 2. The van der Waals surface area contributed by atoms with Crippen molar-refractivity contribution >= 4 is 44.1 Å². The summed E-state index contributed by atoms with van der Waals surface area (Å²) in [4.78, 5) is 48.1. The molecule has 0 fully saturated rings. The van der Waals surface area contributed by atoms with E-state index in [1.165, 1.54) is 18.4 Å². The van der Waals surface area contributed by atoms with E-state index in [-0.39, 0.29) is 11.3 Å². The molecule has 0 saturated carbocycles. The van der Waals surface area contributed by atoms with Gasteiger partial charge < -0.3 is 4.42 Å². The molecule has 0 unspecified atom stereocenters. The van der Waals surface area contributed by atoms with Crippen molar-refractivity contribution in [2.45, 2.75) is 13.8 Å². The van der Waals surface area contributed by atoms with Gasteiger partial charge in [-0.2, -0.15) is 5.10 Å². The molecule has 2 amide bonds. The van der Waals surface area contributed by atoms with Crippen LogP contribution in [-0.2, 0) is 7.05 Å². The lowest BCUT2D eigenvalue weighted by molar-refractivity contribution is 0.0845. The van der Waals surface area contributed by atoms with Crippen molar-refractivity contribution in [2.75, 3.05) is 0 Å². The summed E-state index contributed by atoms with van der Waals surface area (Å²) in [6, 6.07) is 10.2. The lowest BCUT2D eigenvalue weighted by atomic mass is 10.1. The summed E-state index contributed by atoms with van der Waals surface area (Å²) >= 11 is 1.19. The van der Waals surface area contributed by atoms with Crippen molar-refractivity contribution in [1.29, 1.82) is 0 Å². The van der Waals surface area contributed by atoms with Crippen molar-refractivity contribution in [2.24, 2.45) is 7.05 Å². The number of furan rings is 1. The van der Waals surface area contributed by atoms with Gasteiger partial charge in [0, 0.05) is 17.8 Å². The molecule has 5 aromatic rings. The largest absolute Gasteiger partial charge is 0.461 e. The minimum atomic E-state index is -0.644. The number of benzene rings is 1. The number of aryl methyl sites for hydroxylation is 3. The molecule has 34 heavy (non-hydrogen) atoms. The average molecular weight is 475 g/mol. The molecule has 1 aromatic carbocycles. The molecule has 4 aromatic heterocycles. The number of carbonyl (C=O) groups excluding carboxylic acids is 2. The zero-order valence-electron chi connectivity index (χ0n) is 18.4. The van der Waals surface area contributed by atoms with Crippen molar-refractivity contribution in [1.82, 2.24) is 30.6 Å². The fourth-order valence-corrected chi connectivity index (χ4v) is 4.90. The molecule has 11 heteroatoms. The Labute approximate surface area is 196 Å². The second kappa shape index (κ2) is 8.19. The summed E-state index contributed by atoms with van der Waals surface area (Å²) in [6.45, 7) is 3.65. The molecule has 2 N–H and O–H groups in total. The standard InChI is InChI=1S/C23H18N6O4S/c1-11-16-12(2)24-19(15-9-6-10-33-15)25-22(16)34-18(11)21(31)27-26-20(30)17-13-7-4-5-8-14(13)23(32)29(3)28-17/h4-10H,1-3H3,(H,26,30)(H,27,31). The Kier molecular flexibility index (Phi) is 5.17. The molecule has 0 aliphatic rings. The first-order chi connectivity index (χ1) is 16.3. The molecular formula is C23H18N6O4S. The van der Waals surface area contributed by atoms with Crippen LogP contribution >= 0.6 is 11.3 Å². The van der Waals surface area contributed by atoms with Gasteiger partial charge in [-0.3, -0.25) is 25.2 Å². The van der Waals surface area contributed by atoms with Crippen molar-refractivity contribution in [3.63, 3.8) is 0 Å². The van der Waals surface area contributed by atoms with Crippen LogP contribution in [0.1, 0.15) is 31.4 Å². The highest BCUT2D eigenvalue weighted by molar-refractivity contribution is 7.20. The molecule has 0 spiro atoms. The minimum absolute atomic E-state index is 0.0239. The van der Waals surface area contributed by atoms with E-state index in [0.717, 1.165) is 10.1 Å². The fourth-order valence-electron chi connectivity index (χ4n) is 3.77. The van der Waals surface area contributed by atoms with Gasteiger partial charge in [0.1, 0.15) is 4.83 Å². The third kappa shape index (κ3) is 3.52. The Morgan fingerprint density at radius 1 is 1.00 bits per heavy atom. The van der Waals surface area contributed by atoms with E-state index < -0.39 is 11.8 Å². The highest BCUT2D eigenvalue weighted by Crippen LogP contribution is 2.32. The molecule has 0 aliphatic heterocycles. The van der Waals surface area contributed by atoms with Crippen LogP contribution in [0.4, 0.5) is 0 Å². The zero-order chi connectivity index (χ0) is 24.0. The van der Waals surface area contributed by atoms with Crippen LogP contribution < -0.4 is 16.4 Å². The van der Waals surface area contributed by atoms with Crippen LogP contribution in [0.25, 0.3) is 32.6 Å². The quantitative estimate of drug-likeness (QED) is 0.384. The van der Waals surface area contributed by atoms with Crippen LogP contribution in [0, 0.1) is 13.8 Å². The number of hydrogen-bond acceptors (Lipinski definition) is 8. The number of nitrogens with one attached hydrogen (secondary N) is 2. The molecule has 4 heterocycles. The van der Waals surface area contributed by atoms with Gasteiger partial charge in [-0.15, -0.1) is 11.3 Å². The molecular weight excluding hydrogens is 456 g/mol. The van der Waals surface area contributed by atoms with Gasteiger partial charge in [0.25, 0.3) is 17.4 Å². The molecule has 0 saturated heterocycles. The third-order valence-electron chi connectivity index (χ3n) is 5.38. The Morgan fingerprint density at radius 2 is 1.74 bits per heavy atom. The summed E-state index contributed by atoms with van der Waals surface area (Å²) in [5.74, 6) is -0.174. The Hall–Kier alpha value is -4.38. The summed E-state index contributed by atoms with van der Waals surface area (Å²) in [7, 11) is 1.46. The van der Waals surface area contributed by atoms with Gasteiger partial charge in [-0.05, 0) is 37.6 Å². The van der Waals surface area contributed by atoms with Crippen molar-refractivity contribution in [3.8, 4) is 11.6 Å². The molecule has 170 valence electrons. The van der Waals surface area contributed by atoms with E-state index in [4.69, 9.17) is 4.42 Å². The van der Waals surface area contributed by atoms with E-state index >= 15 is 0 Å². The first kappa shape index (κ1) is 21.5. The minimum Gasteiger partial charge on any atom is -0.461 e. The lowest BCUT2D eigenvalue weighted by Gasteiger charge is -2.09. The van der Waals surface area contributed by atoms with Crippen molar-refractivity contribution < 1.29 is 14.0 Å². The molecule has 0 bridgehead atoms. The van der Waals surface area contributed by atoms with Crippen LogP contribution in [0.2, 0.25) is 0 Å². The van der Waals surface area contributed by atoms with Gasteiger partial charge in [-0.1, -0.05) is 18.2 Å². The average Bonchev–Trinajstić information content (AvgIpc) is 3.48. The molecule has 0 aliphatic carbocycles. The second-order valence-corrected chi connectivity index (χ2v) is 8.58. The second-order valence-electron chi connectivity index (χ2n) is 7.58. The summed E-state index contributed by atoms with van der Waals surface area (Å²) in [5.41, 5.74) is 5.97. The van der Waals surface area contributed by atoms with Gasteiger partial charge in [-0.25, -0.2) is 14.6 Å². The highest BCUT2D eigenvalue weighted by Gasteiger charge is 2.22. The number of hydrazine groups is 1. The first-order valence-electron chi connectivity index (χ1n) is 10.2. The fraction of sp³-hybridized carbons (Fsp3) is 0.130. The van der Waals surface area contributed by atoms with Crippen LogP contribution in [0.5, 0.6) is 0 Å². The lowest BCUT2D eigenvalue weighted by Crippen LogP contribution is -2.42. The van der Waals surface area contributed by atoms with Gasteiger partial charge in [0.05, 0.1) is 22.2 Å². The van der Waals surface area contributed by atoms with Crippen LogP contribution in [0.15, 0.2) is 51.9 Å². The number of aromatic nitrogens is 4. The molecule has 10 nitrogen and oxygen atoms in total. The third-order valence-corrected chi connectivity index (χ3v) is 6.56. The van der Waals surface area contributed by atoms with Crippen LogP contribution in [-0.4, -0.2) is 31.6 Å². The molecule has 0 atom stereocenters.